The van der Waals surface area contributed by atoms with Crippen molar-refractivity contribution in [2.24, 2.45) is 39.9 Å². The van der Waals surface area contributed by atoms with E-state index >= 15 is 0 Å². The Hall–Kier alpha value is -1.99. The number of ketones is 1. The Labute approximate surface area is 218 Å². The number of allylic oxidation sites excluding steroid dienone is 3. The highest BCUT2D eigenvalue weighted by molar-refractivity contribution is 5.98. The van der Waals surface area contributed by atoms with E-state index in [0.717, 1.165) is 24.8 Å². The van der Waals surface area contributed by atoms with E-state index < -0.39 is 45.6 Å². The highest BCUT2D eigenvalue weighted by atomic mass is 16.6. The molecule has 0 aromatic carbocycles. The van der Waals surface area contributed by atoms with Crippen molar-refractivity contribution < 1.29 is 34.1 Å². The van der Waals surface area contributed by atoms with E-state index in [0.29, 0.717) is 25.7 Å². The molecule has 1 saturated heterocycles. The SMILES string of the molecule is CC(=O)O[C@@H]1C=C2CC=CC(=O)[C@]2(C)[C@H]2CC[C@@]3(C)[C@@H](CC[C@@]3(O)[C@H]3C[C@]4(C)C[C@H]3OC(=O)[C@]4(C)O)[C@H]12. The van der Waals surface area contributed by atoms with Crippen molar-refractivity contribution in [2.75, 3.05) is 0 Å². The van der Waals surface area contributed by atoms with Crippen LogP contribution >= 0.6 is 0 Å². The Morgan fingerprint density at radius 1 is 1.03 bits per heavy atom. The minimum atomic E-state index is -1.58. The van der Waals surface area contributed by atoms with Crippen LogP contribution in [0.4, 0.5) is 0 Å². The molecule has 6 aliphatic rings. The van der Waals surface area contributed by atoms with E-state index in [4.69, 9.17) is 9.47 Å². The molecule has 0 radical (unpaired) electrons. The number of fused-ring (bicyclic) bond motifs is 7. The van der Waals surface area contributed by atoms with Gasteiger partial charge in [0.15, 0.2) is 11.4 Å². The van der Waals surface area contributed by atoms with E-state index in [2.05, 4.69) is 13.8 Å². The van der Waals surface area contributed by atoms with Gasteiger partial charge < -0.3 is 19.7 Å². The number of carbonyl (C=O) groups is 3. The average Bonchev–Trinajstić information content (AvgIpc) is 3.28. The molecule has 11 atom stereocenters. The Morgan fingerprint density at radius 2 is 1.73 bits per heavy atom. The molecule has 5 aliphatic carbocycles. The quantitative estimate of drug-likeness (QED) is 0.429. The summed E-state index contributed by atoms with van der Waals surface area (Å²) < 4.78 is 11.7. The zero-order valence-corrected chi connectivity index (χ0v) is 22.6. The molecule has 6 rings (SSSR count). The first-order chi connectivity index (χ1) is 17.2. The molecule has 0 amide bonds. The summed E-state index contributed by atoms with van der Waals surface area (Å²) in [4.78, 5) is 38.2. The molecule has 1 heterocycles. The zero-order chi connectivity index (χ0) is 26.8. The summed E-state index contributed by atoms with van der Waals surface area (Å²) in [6.07, 6.45) is 9.30. The fourth-order valence-electron chi connectivity index (χ4n) is 9.88. The highest BCUT2D eigenvalue weighted by Gasteiger charge is 2.73. The molecule has 37 heavy (non-hydrogen) atoms. The molecule has 0 aromatic rings. The van der Waals surface area contributed by atoms with Crippen molar-refractivity contribution in [3.63, 3.8) is 0 Å². The number of hydrogen-bond donors (Lipinski definition) is 2. The van der Waals surface area contributed by atoms with Crippen LogP contribution in [0.5, 0.6) is 0 Å². The maximum atomic E-state index is 13.3. The average molecular weight is 513 g/mol. The van der Waals surface area contributed by atoms with Gasteiger partial charge in [-0.1, -0.05) is 25.5 Å². The number of esters is 2. The Morgan fingerprint density at radius 3 is 2.43 bits per heavy atom. The summed E-state index contributed by atoms with van der Waals surface area (Å²) >= 11 is 0. The summed E-state index contributed by atoms with van der Waals surface area (Å²) in [5.41, 5.74) is -3.41. The van der Waals surface area contributed by atoms with E-state index in [-0.39, 0.29) is 35.4 Å². The van der Waals surface area contributed by atoms with Crippen LogP contribution in [0.2, 0.25) is 0 Å². The van der Waals surface area contributed by atoms with Crippen LogP contribution in [0, 0.1) is 39.9 Å². The van der Waals surface area contributed by atoms with Gasteiger partial charge in [0, 0.05) is 24.2 Å². The molecule has 4 fully saturated rings. The molecule has 202 valence electrons. The summed E-state index contributed by atoms with van der Waals surface area (Å²) in [5.74, 6) is -1.12. The van der Waals surface area contributed by atoms with Crippen LogP contribution in [0.3, 0.4) is 0 Å². The lowest BCUT2D eigenvalue weighted by atomic mass is 9.46. The maximum Gasteiger partial charge on any atom is 0.338 e. The predicted octanol–water partition coefficient (Wildman–Crippen LogP) is 3.66. The van der Waals surface area contributed by atoms with Crippen LogP contribution in [0.15, 0.2) is 23.8 Å². The van der Waals surface area contributed by atoms with Crippen LogP contribution < -0.4 is 0 Å². The second-order valence-corrected chi connectivity index (χ2v) is 13.7. The summed E-state index contributed by atoms with van der Waals surface area (Å²) in [6, 6.07) is 0. The largest absolute Gasteiger partial charge is 0.460 e. The summed E-state index contributed by atoms with van der Waals surface area (Å²) in [7, 11) is 0. The van der Waals surface area contributed by atoms with Crippen molar-refractivity contribution in [1.82, 2.24) is 0 Å². The second-order valence-electron chi connectivity index (χ2n) is 13.7. The van der Waals surface area contributed by atoms with Gasteiger partial charge in [-0.05, 0) is 88.2 Å². The zero-order valence-electron chi connectivity index (χ0n) is 22.6. The van der Waals surface area contributed by atoms with Gasteiger partial charge >= 0.3 is 11.9 Å². The molecule has 0 unspecified atom stereocenters. The number of carbonyl (C=O) groups excluding carboxylic acids is 3. The lowest BCUT2D eigenvalue weighted by Crippen LogP contribution is -2.61. The smallest absolute Gasteiger partial charge is 0.338 e. The highest BCUT2D eigenvalue weighted by Crippen LogP contribution is 2.70. The third-order valence-electron chi connectivity index (χ3n) is 12.3. The molecule has 2 N–H and O–H groups in total. The van der Waals surface area contributed by atoms with Gasteiger partial charge in [-0.3, -0.25) is 9.59 Å². The lowest BCUT2D eigenvalue weighted by molar-refractivity contribution is -0.201. The van der Waals surface area contributed by atoms with Gasteiger partial charge in [-0.2, -0.15) is 0 Å². The fraction of sp³-hybridized carbons (Fsp3) is 0.767. The molecule has 7 nitrogen and oxygen atoms in total. The molecular formula is C30H40O7. The first-order valence-electron chi connectivity index (χ1n) is 13.9. The van der Waals surface area contributed by atoms with Crippen molar-refractivity contribution >= 4 is 17.7 Å². The lowest BCUT2D eigenvalue weighted by Gasteiger charge is -2.59. The monoisotopic (exact) mass is 512 g/mol. The Bertz CT molecular complexity index is 1140. The molecule has 7 heteroatoms. The first kappa shape index (κ1) is 25.3. The van der Waals surface area contributed by atoms with Gasteiger partial charge in [0.05, 0.1) is 11.0 Å². The van der Waals surface area contributed by atoms with Crippen LogP contribution in [0.25, 0.3) is 0 Å². The van der Waals surface area contributed by atoms with E-state index in [9.17, 15) is 24.6 Å². The normalized spacial score (nSPS) is 54.1. The number of aliphatic hydroxyl groups is 2. The van der Waals surface area contributed by atoms with Gasteiger partial charge in [-0.25, -0.2) is 4.79 Å². The van der Waals surface area contributed by atoms with E-state index in [1.807, 2.05) is 19.1 Å². The summed E-state index contributed by atoms with van der Waals surface area (Å²) in [6.45, 7) is 9.11. The molecular weight excluding hydrogens is 472 g/mol. The van der Waals surface area contributed by atoms with Crippen molar-refractivity contribution in [3.05, 3.63) is 23.8 Å². The third kappa shape index (κ3) is 2.99. The maximum absolute atomic E-state index is 13.3. The fourth-order valence-corrected chi connectivity index (χ4v) is 9.88. The Kier molecular flexibility index (Phi) is 5.17. The van der Waals surface area contributed by atoms with Gasteiger partial charge in [0.1, 0.15) is 12.2 Å². The van der Waals surface area contributed by atoms with E-state index in [1.54, 1.807) is 6.08 Å². The van der Waals surface area contributed by atoms with Gasteiger partial charge in [0.2, 0.25) is 0 Å². The third-order valence-corrected chi connectivity index (χ3v) is 12.3. The number of hydrogen-bond acceptors (Lipinski definition) is 7. The van der Waals surface area contributed by atoms with Crippen molar-refractivity contribution in [3.8, 4) is 0 Å². The van der Waals surface area contributed by atoms with Crippen LogP contribution in [-0.2, 0) is 23.9 Å². The standard InChI is InChI=1S/C30H40O7/c1-16(31)36-21-13-17-7-6-8-23(32)28(17,4)19-9-11-27(3)18(24(19)21)10-12-30(27,35)20-14-26(2)15-22(20)37-25(33)29(26,5)34/h6,8,13,18-22,24,34-35H,7,9-12,14-15H2,1-5H3/t18-,19-,20-,21+,22+,24-,26+,27-,28-,29-,30+/m0/s1. The van der Waals surface area contributed by atoms with Crippen LogP contribution in [0.1, 0.15) is 79.6 Å². The summed E-state index contributed by atoms with van der Waals surface area (Å²) in [5, 5.41) is 23.6. The number of ether oxygens (including phenoxy) is 2. The van der Waals surface area contributed by atoms with Crippen LogP contribution in [-0.4, -0.2) is 51.3 Å². The van der Waals surface area contributed by atoms with Gasteiger partial charge in [-0.15, -0.1) is 0 Å². The van der Waals surface area contributed by atoms with Crippen molar-refractivity contribution in [1.29, 1.82) is 0 Å². The van der Waals surface area contributed by atoms with Gasteiger partial charge in [0.25, 0.3) is 0 Å². The molecule has 3 saturated carbocycles. The second kappa shape index (κ2) is 7.56. The molecule has 0 spiro atoms. The molecule has 0 aromatic heterocycles. The topological polar surface area (TPSA) is 110 Å². The minimum absolute atomic E-state index is 0.0219. The van der Waals surface area contributed by atoms with Crippen molar-refractivity contribution in [2.45, 2.75) is 103 Å². The van der Waals surface area contributed by atoms with E-state index in [1.165, 1.54) is 13.8 Å². The minimum Gasteiger partial charge on any atom is -0.460 e. The number of rotatable bonds is 2. The molecule has 1 aliphatic heterocycles. The predicted molar refractivity (Wildman–Crippen MR) is 134 cm³/mol. The molecule has 2 bridgehead atoms. The first-order valence-corrected chi connectivity index (χ1v) is 13.9. The Balaban J connectivity index is 1.40.